The number of hydrogen-bond acceptors (Lipinski definition) is 4. The van der Waals surface area contributed by atoms with Crippen molar-refractivity contribution >= 4 is 33.5 Å². The number of thioether (sulfide) groups is 1. The summed E-state index contributed by atoms with van der Waals surface area (Å²) in [5.74, 6) is 3.23. The predicted molar refractivity (Wildman–Crippen MR) is 91.5 cm³/mol. The van der Waals surface area contributed by atoms with Gasteiger partial charge in [0.25, 0.3) is 0 Å². The number of anilines is 1. The van der Waals surface area contributed by atoms with Crippen molar-refractivity contribution in [3.8, 4) is 0 Å². The Hall–Kier alpha value is -0.290. The highest BCUT2D eigenvalue weighted by Crippen LogP contribution is 2.33. The molecule has 0 atom stereocenters. The minimum absolute atomic E-state index is 0.403. The van der Waals surface area contributed by atoms with Gasteiger partial charge in [-0.3, -0.25) is 0 Å². The fraction of sp³-hybridized carbons (Fsp3) is 0.733. The van der Waals surface area contributed by atoms with Crippen LogP contribution in [0.2, 0.25) is 0 Å². The van der Waals surface area contributed by atoms with Gasteiger partial charge in [-0.2, -0.15) is 11.8 Å². The number of rotatable bonds is 6. The molecule has 5 heteroatoms. The minimum Gasteiger partial charge on any atom is -0.369 e. The Morgan fingerprint density at radius 2 is 2.00 bits per heavy atom. The van der Waals surface area contributed by atoms with E-state index in [9.17, 15) is 0 Å². The summed E-state index contributed by atoms with van der Waals surface area (Å²) in [4.78, 5) is 9.43. The maximum Gasteiger partial charge on any atom is 0.144 e. The van der Waals surface area contributed by atoms with Crippen molar-refractivity contribution < 1.29 is 0 Å². The van der Waals surface area contributed by atoms with Crippen molar-refractivity contribution in [1.29, 1.82) is 0 Å². The minimum atomic E-state index is 0.403. The van der Waals surface area contributed by atoms with Gasteiger partial charge in [0.05, 0.1) is 15.9 Å². The zero-order chi connectivity index (χ0) is 14.5. The van der Waals surface area contributed by atoms with Crippen LogP contribution in [0.25, 0.3) is 0 Å². The number of hydrogen-bond donors (Lipinski definition) is 1. The number of nitrogens with zero attached hydrogens (tertiary/aromatic N) is 2. The van der Waals surface area contributed by atoms with E-state index in [1.165, 1.54) is 25.7 Å². The van der Waals surface area contributed by atoms with Crippen molar-refractivity contribution in [2.45, 2.75) is 63.4 Å². The highest BCUT2D eigenvalue weighted by atomic mass is 79.9. The molecule has 0 bridgehead atoms. The standard InChI is InChI=1S/C15H24BrN3S/c1-4-17-15-13(16)14(10(2)3)18-12(19-15)9-20-11-7-5-6-8-11/h10-11H,4-9H2,1-3H3,(H,17,18,19). The second-order valence-electron chi connectivity index (χ2n) is 5.59. The first kappa shape index (κ1) is 16.1. The first-order valence-electron chi connectivity index (χ1n) is 7.53. The Balaban J connectivity index is 2.14. The molecule has 3 nitrogen and oxygen atoms in total. The van der Waals surface area contributed by atoms with E-state index in [1.807, 2.05) is 11.8 Å². The van der Waals surface area contributed by atoms with Crippen LogP contribution in [0, 0.1) is 0 Å². The smallest absolute Gasteiger partial charge is 0.144 e. The second kappa shape index (κ2) is 7.64. The molecule has 112 valence electrons. The zero-order valence-corrected chi connectivity index (χ0v) is 15.0. The maximum atomic E-state index is 4.76. The van der Waals surface area contributed by atoms with E-state index in [0.717, 1.165) is 39.4 Å². The normalized spacial score (nSPS) is 16.1. The van der Waals surface area contributed by atoms with Crippen molar-refractivity contribution in [2.75, 3.05) is 11.9 Å². The highest BCUT2D eigenvalue weighted by Gasteiger charge is 2.18. The number of halogens is 1. The molecule has 0 unspecified atom stereocenters. The van der Waals surface area contributed by atoms with Crippen LogP contribution in [0.3, 0.4) is 0 Å². The first-order valence-corrected chi connectivity index (χ1v) is 9.37. The lowest BCUT2D eigenvalue weighted by atomic mass is 10.1. The Bertz CT molecular complexity index is 445. The summed E-state index contributed by atoms with van der Waals surface area (Å²) in [6.45, 7) is 7.33. The van der Waals surface area contributed by atoms with Gasteiger partial charge in [0.2, 0.25) is 0 Å². The molecule has 0 amide bonds. The molecule has 1 heterocycles. The van der Waals surface area contributed by atoms with Crippen molar-refractivity contribution in [3.63, 3.8) is 0 Å². The molecule has 1 fully saturated rings. The summed E-state index contributed by atoms with van der Waals surface area (Å²) in [7, 11) is 0. The predicted octanol–water partition coefficient (Wildman–Crippen LogP) is 4.97. The molecule has 1 aromatic heterocycles. The van der Waals surface area contributed by atoms with E-state index in [-0.39, 0.29) is 0 Å². The Morgan fingerprint density at radius 1 is 1.30 bits per heavy atom. The Labute approximate surface area is 134 Å². The summed E-state index contributed by atoms with van der Waals surface area (Å²) >= 11 is 5.66. The van der Waals surface area contributed by atoms with Crippen LogP contribution in [0.15, 0.2) is 4.47 Å². The van der Waals surface area contributed by atoms with Crippen LogP contribution in [0.4, 0.5) is 5.82 Å². The first-order chi connectivity index (χ1) is 9.61. The van der Waals surface area contributed by atoms with E-state index in [1.54, 1.807) is 0 Å². The van der Waals surface area contributed by atoms with Crippen LogP contribution >= 0.6 is 27.7 Å². The molecule has 1 saturated carbocycles. The summed E-state index contributed by atoms with van der Waals surface area (Å²) < 4.78 is 1.02. The van der Waals surface area contributed by atoms with E-state index in [2.05, 4.69) is 47.0 Å². The lowest BCUT2D eigenvalue weighted by molar-refractivity contribution is 0.791. The summed E-state index contributed by atoms with van der Waals surface area (Å²) in [6, 6.07) is 0. The van der Waals surface area contributed by atoms with Gasteiger partial charge in [-0.1, -0.05) is 26.7 Å². The van der Waals surface area contributed by atoms with Crippen molar-refractivity contribution in [3.05, 3.63) is 16.0 Å². The largest absolute Gasteiger partial charge is 0.369 e. The quantitative estimate of drug-likeness (QED) is 0.779. The van der Waals surface area contributed by atoms with Gasteiger partial charge in [0.1, 0.15) is 11.6 Å². The molecule has 2 rings (SSSR count). The van der Waals surface area contributed by atoms with Gasteiger partial charge in [0, 0.05) is 11.8 Å². The van der Waals surface area contributed by atoms with Crippen LogP contribution in [0.5, 0.6) is 0 Å². The molecule has 1 aromatic rings. The molecule has 0 radical (unpaired) electrons. The molecular weight excluding hydrogens is 334 g/mol. The van der Waals surface area contributed by atoms with E-state index in [4.69, 9.17) is 4.98 Å². The lowest BCUT2D eigenvalue weighted by Gasteiger charge is -2.15. The van der Waals surface area contributed by atoms with Gasteiger partial charge < -0.3 is 5.32 Å². The highest BCUT2D eigenvalue weighted by molar-refractivity contribution is 9.10. The molecular formula is C15H24BrN3S. The monoisotopic (exact) mass is 357 g/mol. The number of aromatic nitrogens is 2. The van der Waals surface area contributed by atoms with Crippen LogP contribution in [-0.4, -0.2) is 21.8 Å². The molecule has 0 spiro atoms. The average Bonchev–Trinajstić information content (AvgIpc) is 2.92. The van der Waals surface area contributed by atoms with Gasteiger partial charge >= 0.3 is 0 Å². The van der Waals surface area contributed by atoms with Crippen LogP contribution in [0.1, 0.15) is 63.9 Å². The van der Waals surface area contributed by atoms with E-state index >= 15 is 0 Å². The van der Waals surface area contributed by atoms with Crippen molar-refractivity contribution in [1.82, 2.24) is 9.97 Å². The third kappa shape index (κ3) is 4.10. The zero-order valence-electron chi connectivity index (χ0n) is 12.6. The summed E-state index contributed by atoms with van der Waals surface area (Å²) in [5, 5.41) is 4.14. The Kier molecular flexibility index (Phi) is 6.15. The fourth-order valence-corrected chi connectivity index (χ4v) is 4.45. The molecule has 1 N–H and O–H groups in total. The lowest BCUT2D eigenvalue weighted by Crippen LogP contribution is -2.09. The van der Waals surface area contributed by atoms with Crippen molar-refractivity contribution in [2.24, 2.45) is 0 Å². The summed E-state index contributed by atoms with van der Waals surface area (Å²) in [5.41, 5.74) is 1.11. The second-order valence-corrected chi connectivity index (χ2v) is 7.67. The van der Waals surface area contributed by atoms with Gasteiger partial charge in [0.15, 0.2) is 0 Å². The molecule has 0 aromatic carbocycles. The fourth-order valence-electron chi connectivity index (χ4n) is 2.49. The number of nitrogens with one attached hydrogen (secondary N) is 1. The maximum absolute atomic E-state index is 4.76. The molecule has 1 aliphatic rings. The SMILES string of the molecule is CCNc1nc(CSC2CCCC2)nc(C(C)C)c1Br. The molecule has 0 aliphatic heterocycles. The molecule has 20 heavy (non-hydrogen) atoms. The molecule has 0 saturated heterocycles. The molecule has 1 aliphatic carbocycles. The van der Waals surface area contributed by atoms with Crippen LogP contribution < -0.4 is 5.32 Å². The van der Waals surface area contributed by atoms with Gasteiger partial charge in [-0.25, -0.2) is 9.97 Å². The van der Waals surface area contributed by atoms with Gasteiger partial charge in [-0.15, -0.1) is 0 Å². The topological polar surface area (TPSA) is 37.8 Å². The third-order valence-corrected chi connectivity index (χ3v) is 5.71. The van der Waals surface area contributed by atoms with E-state index < -0.39 is 0 Å². The van der Waals surface area contributed by atoms with E-state index in [0.29, 0.717) is 5.92 Å². The third-order valence-electron chi connectivity index (χ3n) is 3.56. The van der Waals surface area contributed by atoms with Crippen LogP contribution in [-0.2, 0) is 5.75 Å². The van der Waals surface area contributed by atoms with Gasteiger partial charge in [-0.05, 0) is 41.6 Å². The summed E-state index contributed by atoms with van der Waals surface area (Å²) in [6.07, 6.45) is 5.49. The Morgan fingerprint density at radius 3 is 2.60 bits per heavy atom. The average molecular weight is 358 g/mol.